The Kier molecular flexibility index (Phi) is 3.23. The highest BCUT2D eigenvalue weighted by molar-refractivity contribution is 6.08. The molecule has 1 aromatic heterocycles. The molecule has 1 aromatic carbocycles. The van der Waals surface area contributed by atoms with E-state index in [2.05, 4.69) is 9.97 Å². The topological polar surface area (TPSA) is 69.3 Å². The van der Waals surface area contributed by atoms with E-state index in [1.54, 1.807) is 9.80 Å². The van der Waals surface area contributed by atoms with E-state index in [0.717, 1.165) is 29.8 Å². The highest BCUT2D eigenvalue weighted by Crippen LogP contribution is 2.46. The van der Waals surface area contributed by atoms with Gasteiger partial charge in [0.25, 0.3) is 5.91 Å². The molecule has 0 bridgehead atoms. The molecule has 1 saturated heterocycles. The van der Waals surface area contributed by atoms with Crippen LogP contribution in [0.25, 0.3) is 0 Å². The zero-order valence-electron chi connectivity index (χ0n) is 13.9. The Morgan fingerprint density at radius 3 is 2.88 bits per heavy atom. The van der Waals surface area contributed by atoms with E-state index in [-0.39, 0.29) is 11.8 Å². The van der Waals surface area contributed by atoms with Gasteiger partial charge in [0.15, 0.2) is 0 Å². The Morgan fingerprint density at radius 1 is 1.33 bits per heavy atom. The molecule has 0 saturated carbocycles. The van der Waals surface area contributed by atoms with Gasteiger partial charge in [-0.25, -0.2) is 4.98 Å². The number of nitrogens with one attached hydrogen (secondary N) is 1. The molecular formula is C18H20N4O2. The normalized spacial score (nSPS) is 23.0. The number of para-hydroxylation sites is 1. The van der Waals surface area contributed by atoms with Crippen LogP contribution in [0.5, 0.6) is 0 Å². The molecule has 0 unspecified atom stereocenters. The third kappa shape index (κ3) is 1.92. The standard InChI is InChI=1S/C18H20N4O2/c1-12-15(20-11-19-12)16(23)22-9-5-8-18(10-22)13-6-3-4-7-14(13)21(2)17(18)24/h3-4,6-7,11H,5,8-10H2,1-2H3,(H,19,20)/t18-/m0/s1. The second-order valence-corrected chi connectivity index (χ2v) is 6.67. The molecule has 4 rings (SSSR count). The summed E-state index contributed by atoms with van der Waals surface area (Å²) in [7, 11) is 1.81. The van der Waals surface area contributed by atoms with E-state index < -0.39 is 5.41 Å². The molecule has 0 radical (unpaired) electrons. The summed E-state index contributed by atoms with van der Waals surface area (Å²) in [5.74, 6) is -0.0207. The van der Waals surface area contributed by atoms with Crippen molar-refractivity contribution in [2.75, 3.05) is 25.0 Å². The largest absolute Gasteiger partial charge is 0.348 e. The third-order valence-electron chi connectivity index (χ3n) is 5.31. The molecule has 124 valence electrons. The summed E-state index contributed by atoms with van der Waals surface area (Å²) in [5, 5.41) is 0. The lowest BCUT2D eigenvalue weighted by atomic mass is 9.75. The van der Waals surface area contributed by atoms with Gasteiger partial charge in [0, 0.05) is 31.5 Å². The van der Waals surface area contributed by atoms with Crippen molar-refractivity contribution in [3.8, 4) is 0 Å². The minimum atomic E-state index is -0.622. The van der Waals surface area contributed by atoms with E-state index in [9.17, 15) is 9.59 Å². The molecule has 2 aromatic rings. The quantitative estimate of drug-likeness (QED) is 0.870. The van der Waals surface area contributed by atoms with E-state index >= 15 is 0 Å². The summed E-state index contributed by atoms with van der Waals surface area (Å²) in [4.78, 5) is 36.5. The number of rotatable bonds is 1. The minimum Gasteiger partial charge on any atom is -0.348 e. The fraction of sp³-hybridized carbons (Fsp3) is 0.389. The summed E-state index contributed by atoms with van der Waals surface area (Å²) >= 11 is 0. The van der Waals surface area contributed by atoms with Crippen LogP contribution in [-0.4, -0.2) is 46.8 Å². The Balaban J connectivity index is 1.72. The third-order valence-corrected chi connectivity index (χ3v) is 5.31. The molecule has 6 heteroatoms. The number of piperidine rings is 1. The molecule has 1 spiro atoms. The van der Waals surface area contributed by atoms with Crippen molar-refractivity contribution in [2.24, 2.45) is 0 Å². The summed E-state index contributed by atoms with van der Waals surface area (Å²) in [6.45, 7) is 2.91. The molecule has 1 fully saturated rings. The summed E-state index contributed by atoms with van der Waals surface area (Å²) < 4.78 is 0. The maximum atomic E-state index is 13.0. The number of aromatic amines is 1. The molecule has 1 N–H and O–H groups in total. The second kappa shape index (κ2) is 5.19. The Hall–Kier alpha value is -2.63. The van der Waals surface area contributed by atoms with Gasteiger partial charge >= 0.3 is 0 Å². The number of nitrogens with zero attached hydrogens (tertiary/aromatic N) is 3. The molecule has 2 aliphatic heterocycles. The van der Waals surface area contributed by atoms with E-state index in [1.807, 2.05) is 38.2 Å². The fourth-order valence-electron chi connectivity index (χ4n) is 4.06. The van der Waals surface area contributed by atoms with Crippen molar-refractivity contribution in [1.29, 1.82) is 0 Å². The number of aryl methyl sites for hydroxylation is 1. The van der Waals surface area contributed by atoms with Gasteiger partial charge in [0.1, 0.15) is 5.69 Å². The van der Waals surface area contributed by atoms with E-state index in [0.29, 0.717) is 18.8 Å². The number of likely N-dealkylation sites (N-methyl/N-ethyl adjacent to an activating group) is 1. The number of benzene rings is 1. The molecule has 1 atom stereocenters. The maximum Gasteiger partial charge on any atom is 0.274 e. The van der Waals surface area contributed by atoms with E-state index in [1.165, 1.54) is 6.33 Å². The van der Waals surface area contributed by atoms with Crippen molar-refractivity contribution >= 4 is 17.5 Å². The van der Waals surface area contributed by atoms with E-state index in [4.69, 9.17) is 0 Å². The number of hydrogen-bond donors (Lipinski definition) is 1. The molecule has 24 heavy (non-hydrogen) atoms. The van der Waals surface area contributed by atoms with Crippen LogP contribution in [0, 0.1) is 6.92 Å². The first-order chi connectivity index (χ1) is 11.5. The highest BCUT2D eigenvalue weighted by Gasteiger charge is 2.52. The highest BCUT2D eigenvalue weighted by atomic mass is 16.2. The number of amides is 2. The zero-order chi connectivity index (χ0) is 16.9. The molecule has 3 heterocycles. The van der Waals surface area contributed by atoms with Crippen molar-refractivity contribution < 1.29 is 9.59 Å². The van der Waals surface area contributed by atoms with Gasteiger partial charge in [0.2, 0.25) is 5.91 Å². The lowest BCUT2D eigenvalue weighted by Crippen LogP contribution is -2.53. The first kappa shape index (κ1) is 14.9. The number of hydrogen-bond acceptors (Lipinski definition) is 3. The molecule has 2 aliphatic rings. The summed E-state index contributed by atoms with van der Waals surface area (Å²) in [6.07, 6.45) is 3.12. The number of carbonyl (C=O) groups excluding carboxylic acids is 2. The van der Waals surface area contributed by atoms with Gasteiger partial charge in [-0.2, -0.15) is 0 Å². The molecule has 6 nitrogen and oxygen atoms in total. The van der Waals surface area contributed by atoms with Crippen LogP contribution in [0.4, 0.5) is 5.69 Å². The maximum absolute atomic E-state index is 13.0. The lowest BCUT2D eigenvalue weighted by Gasteiger charge is -2.39. The van der Waals surface area contributed by atoms with Crippen molar-refractivity contribution in [2.45, 2.75) is 25.2 Å². The van der Waals surface area contributed by atoms with Crippen LogP contribution in [0.3, 0.4) is 0 Å². The summed E-state index contributed by atoms with van der Waals surface area (Å²) in [6, 6.07) is 7.90. The number of imidazole rings is 1. The number of carbonyl (C=O) groups is 2. The lowest BCUT2D eigenvalue weighted by molar-refractivity contribution is -0.124. The Bertz CT molecular complexity index is 828. The first-order valence-corrected chi connectivity index (χ1v) is 8.21. The van der Waals surface area contributed by atoms with Crippen LogP contribution in [0.1, 0.15) is 34.6 Å². The van der Waals surface area contributed by atoms with Gasteiger partial charge < -0.3 is 14.8 Å². The van der Waals surface area contributed by atoms with Gasteiger partial charge in [-0.15, -0.1) is 0 Å². The Labute approximate surface area is 140 Å². The van der Waals surface area contributed by atoms with Crippen LogP contribution < -0.4 is 4.90 Å². The van der Waals surface area contributed by atoms with Crippen LogP contribution in [0.2, 0.25) is 0 Å². The SMILES string of the molecule is Cc1[nH]cnc1C(=O)N1CCC[C@@]2(C1)C(=O)N(C)c1ccccc12. The molecule has 0 aliphatic carbocycles. The predicted octanol–water partition coefficient (Wildman–Crippen LogP) is 1.87. The number of H-pyrrole nitrogens is 1. The number of aromatic nitrogens is 2. The fourth-order valence-corrected chi connectivity index (χ4v) is 4.06. The molecule has 2 amide bonds. The van der Waals surface area contributed by atoms with Gasteiger partial charge in [-0.05, 0) is 31.4 Å². The average molecular weight is 324 g/mol. The van der Waals surface area contributed by atoms with Crippen LogP contribution >= 0.6 is 0 Å². The van der Waals surface area contributed by atoms with Crippen molar-refractivity contribution in [3.05, 3.63) is 47.5 Å². The predicted molar refractivity (Wildman–Crippen MR) is 90.0 cm³/mol. The van der Waals surface area contributed by atoms with Gasteiger partial charge in [-0.3, -0.25) is 9.59 Å². The monoisotopic (exact) mass is 324 g/mol. The smallest absolute Gasteiger partial charge is 0.274 e. The average Bonchev–Trinajstić information content (AvgIpc) is 3.12. The minimum absolute atomic E-state index is 0.0833. The zero-order valence-corrected chi connectivity index (χ0v) is 13.9. The van der Waals surface area contributed by atoms with Crippen LogP contribution in [-0.2, 0) is 10.2 Å². The number of fused-ring (bicyclic) bond motifs is 2. The summed E-state index contributed by atoms with van der Waals surface area (Å²) in [5.41, 5.74) is 2.57. The van der Waals surface area contributed by atoms with Gasteiger partial charge in [-0.1, -0.05) is 18.2 Å². The van der Waals surface area contributed by atoms with Crippen molar-refractivity contribution in [1.82, 2.24) is 14.9 Å². The second-order valence-electron chi connectivity index (χ2n) is 6.67. The van der Waals surface area contributed by atoms with Gasteiger partial charge in [0.05, 0.1) is 11.7 Å². The number of anilines is 1. The van der Waals surface area contributed by atoms with Crippen molar-refractivity contribution in [3.63, 3.8) is 0 Å². The molecular weight excluding hydrogens is 304 g/mol. The number of likely N-dealkylation sites (tertiary alicyclic amines) is 1. The first-order valence-electron chi connectivity index (χ1n) is 8.21. The Morgan fingerprint density at radius 2 is 2.12 bits per heavy atom. The van der Waals surface area contributed by atoms with Crippen LogP contribution in [0.15, 0.2) is 30.6 Å².